The topological polar surface area (TPSA) is 103 Å². The Morgan fingerprint density at radius 2 is 1.72 bits per heavy atom. The molecule has 1 fully saturated rings. The van der Waals surface area contributed by atoms with Crippen LogP contribution in [0.3, 0.4) is 0 Å². The summed E-state index contributed by atoms with van der Waals surface area (Å²) in [6.45, 7) is 11.7. The van der Waals surface area contributed by atoms with E-state index in [2.05, 4.69) is 16.0 Å². The van der Waals surface area contributed by atoms with Crippen molar-refractivity contribution in [1.29, 1.82) is 0 Å². The molecule has 0 aromatic heterocycles. The van der Waals surface area contributed by atoms with Crippen molar-refractivity contribution in [3.05, 3.63) is 81.9 Å². The highest BCUT2D eigenvalue weighted by Gasteiger charge is 2.52. The highest BCUT2D eigenvalue weighted by atomic mass is 35.5. The number of nitrogens with zero attached hydrogens (tertiary/aromatic N) is 2. The van der Waals surface area contributed by atoms with E-state index in [-0.39, 0.29) is 28.7 Å². The van der Waals surface area contributed by atoms with Gasteiger partial charge in [0.15, 0.2) is 5.66 Å². The fourth-order valence-electron chi connectivity index (χ4n) is 5.56. The Labute approximate surface area is 257 Å². The average Bonchev–Trinajstić information content (AvgIpc) is 3.07. The number of hydrogen-bond donors (Lipinski definition) is 3. The lowest BCUT2D eigenvalue weighted by Crippen LogP contribution is -2.55. The standard InChI is InChI=1S/C32H41ClFN5O4/c1-30(2,3)26(28(41)35-7)36-27(40)25-24-19-38(29(42)43-31(4,5)6)16-11-17-39(24)32(37-25,20-12-9-8-10-13-20)22-15-14-21(33)18-23(22)34/h8-10,12-15,18,26,37H,11,16-17,19H2,1-7H3,(H,35,41)(H,36,40)/t26?,32-/m0/s1. The molecule has 2 aromatic carbocycles. The van der Waals surface area contributed by atoms with Crippen molar-refractivity contribution in [2.24, 2.45) is 5.41 Å². The van der Waals surface area contributed by atoms with E-state index in [0.29, 0.717) is 30.8 Å². The fraction of sp³-hybridized carbons (Fsp3) is 0.469. The maximum Gasteiger partial charge on any atom is 0.410 e. The Balaban J connectivity index is 1.90. The number of benzene rings is 2. The summed E-state index contributed by atoms with van der Waals surface area (Å²) < 4.78 is 21.6. The van der Waals surface area contributed by atoms with Crippen molar-refractivity contribution in [3.8, 4) is 0 Å². The van der Waals surface area contributed by atoms with E-state index in [9.17, 15) is 14.4 Å². The molecular formula is C32H41ClFN5O4. The molecule has 0 saturated carbocycles. The number of fused-ring (bicyclic) bond motifs is 1. The van der Waals surface area contributed by atoms with Crippen LogP contribution in [0, 0.1) is 11.2 Å². The maximum atomic E-state index is 15.9. The van der Waals surface area contributed by atoms with E-state index in [1.54, 1.807) is 37.8 Å². The first-order valence-corrected chi connectivity index (χ1v) is 14.8. The molecule has 9 nitrogen and oxygen atoms in total. The normalized spacial score (nSPS) is 19.7. The Morgan fingerprint density at radius 1 is 1.05 bits per heavy atom. The van der Waals surface area contributed by atoms with Gasteiger partial charge in [-0.1, -0.05) is 62.7 Å². The van der Waals surface area contributed by atoms with Crippen LogP contribution in [-0.2, 0) is 20.0 Å². The Hall–Kier alpha value is -3.79. The number of carbonyl (C=O) groups is 3. The number of carbonyl (C=O) groups excluding carboxylic acids is 3. The third-order valence-electron chi connectivity index (χ3n) is 7.52. The summed E-state index contributed by atoms with van der Waals surface area (Å²) in [4.78, 5) is 43.8. The number of amides is 3. The number of likely N-dealkylation sites (N-methyl/N-ethyl adjacent to an activating group) is 1. The third kappa shape index (κ3) is 6.59. The van der Waals surface area contributed by atoms with Crippen LogP contribution < -0.4 is 16.0 Å². The van der Waals surface area contributed by atoms with E-state index in [0.717, 1.165) is 0 Å². The second-order valence-electron chi connectivity index (χ2n) is 12.9. The van der Waals surface area contributed by atoms with Gasteiger partial charge in [-0.2, -0.15) is 0 Å². The zero-order valence-corrected chi connectivity index (χ0v) is 26.6. The smallest absolute Gasteiger partial charge is 0.410 e. The van der Waals surface area contributed by atoms with Crippen LogP contribution in [-0.4, -0.2) is 66.0 Å². The molecular weight excluding hydrogens is 573 g/mol. The largest absolute Gasteiger partial charge is 0.444 e. The molecule has 11 heteroatoms. The van der Waals surface area contributed by atoms with Gasteiger partial charge in [0.1, 0.15) is 23.2 Å². The molecule has 2 heterocycles. The molecule has 0 aliphatic carbocycles. The first kappa shape index (κ1) is 32.1. The van der Waals surface area contributed by atoms with E-state index in [1.165, 1.54) is 13.1 Å². The van der Waals surface area contributed by atoms with Crippen LogP contribution in [0.2, 0.25) is 5.02 Å². The lowest BCUT2D eigenvalue weighted by atomic mass is 9.86. The zero-order chi connectivity index (χ0) is 31.7. The van der Waals surface area contributed by atoms with Crippen LogP contribution >= 0.6 is 11.6 Å². The van der Waals surface area contributed by atoms with Gasteiger partial charge in [0, 0.05) is 36.3 Å². The van der Waals surface area contributed by atoms with Gasteiger partial charge in [-0.3, -0.25) is 9.59 Å². The highest BCUT2D eigenvalue weighted by molar-refractivity contribution is 6.30. The molecule has 43 heavy (non-hydrogen) atoms. The molecule has 4 rings (SSSR count). The summed E-state index contributed by atoms with van der Waals surface area (Å²) in [5, 5.41) is 9.15. The lowest BCUT2D eigenvalue weighted by Gasteiger charge is -2.42. The Bertz CT molecular complexity index is 1420. The van der Waals surface area contributed by atoms with Gasteiger partial charge in [-0.15, -0.1) is 0 Å². The van der Waals surface area contributed by atoms with Crippen LogP contribution in [0.15, 0.2) is 59.9 Å². The van der Waals surface area contributed by atoms with Crippen molar-refractivity contribution < 1.29 is 23.5 Å². The summed E-state index contributed by atoms with van der Waals surface area (Å²) in [6, 6.07) is 12.8. The van der Waals surface area contributed by atoms with E-state index >= 15 is 4.39 Å². The number of nitrogens with one attached hydrogen (secondary N) is 3. The van der Waals surface area contributed by atoms with E-state index < -0.39 is 40.5 Å². The molecule has 2 aliphatic rings. The first-order valence-electron chi connectivity index (χ1n) is 14.4. The highest BCUT2D eigenvalue weighted by Crippen LogP contribution is 2.44. The van der Waals surface area contributed by atoms with Crippen molar-refractivity contribution >= 4 is 29.5 Å². The van der Waals surface area contributed by atoms with E-state index in [1.807, 2.05) is 56.0 Å². The number of halogens is 2. The van der Waals surface area contributed by atoms with Crippen LogP contribution in [0.1, 0.15) is 59.1 Å². The summed E-state index contributed by atoms with van der Waals surface area (Å²) >= 11 is 6.16. The molecule has 3 amide bonds. The van der Waals surface area contributed by atoms with Crippen LogP contribution in [0.5, 0.6) is 0 Å². The molecule has 232 valence electrons. The second kappa shape index (κ2) is 12.1. The molecule has 0 spiro atoms. The number of ether oxygens (including phenoxy) is 1. The van der Waals surface area contributed by atoms with Gasteiger partial charge in [-0.25, -0.2) is 9.18 Å². The fourth-order valence-corrected chi connectivity index (χ4v) is 5.71. The Kier molecular flexibility index (Phi) is 9.02. The minimum absolute atomic E-state index is 0.0224. The molecule has 2 aliphatic heterocycles. The predicted molar refractivity (Wildman–Crippen MR) is 163 cm³/mol. The van der Waals surface area contributed by atoms with Crippen LogP contribution in [0.25, 0.3) is 0 Å². The zero-order valence-electron chi connectivity index (χ0n) is 25.8. The van der Waals surface area contributed by atoms with Crippen molar-refractivity contribution in [2.45, 2.75) is 65.3 Å². The van der Waals surface area contributed by atoms with E-state index in [4.69, 9.17) is 16.3 Å². The SMILES string of the molecule is CNC(=O)C(NC(=O)C1=C2CN(C(=O)OC(C)(C)C)CCCN2[C@@](c2ccccc2)(c2ccc(Cl)cc2F)N1)C(C)(C)C. The summed E-state index contributed by atoms with van der Waals surface area (Å²) in [7, 11) is 1.51. The average molecular weight is 614 g/mol. The van der Waals surface area contributed by atoms with Gasteiger partial charge >= 0.3 is 6.09 Å². The van der Waals surface area contributed by atoms with Gasteiger partial charge in [-0.05, 0) is 50.8 Å². The third-order valence-corrected chi connectivity index (χ3v) is 7.75. The molecule has 1 unspecified atom stereocenters. The molecule has 2 aromatic rings. The minimum Gasteiger partial charge on any atom is -0.444 e. The van der Waals surface area contributed by atoms with Crippen molar-refractivity contribution in [1.82, 2.24) is 25.8 Å². The molecule has 3 N–H and O–H groups in total. The minimum atomic E-state index is -1.36. The molecule has 0 radical (unpaired) electrons. The van der Waals surface area contributed by atoms with Gasteiger partial charge in [0.05, 0.1) is 12.2 Å². The predicted octanol–water partition coefficient (Wildman–Crippen LogP) is 4.71. The summed E-state index contributed by atoms with van der Waals surface area (Å²) in [5.74, 6) is -1.46. The molecule has 0 bridgehead atoms. The quantitative estimate of drug-likeness (QED) is 0.451. The van der Waals surface area contributed by atoms with Crippen molar-refractivity contribution in [2.75, 3.05) is 26.7 Å². The van der Waals surface area contributed by atoms with Crippen LogP contribution in [0.4, 0.5) is 9.18 Å². The maximum absolute atomic E-state index is 15.9. The van der Waals surface area contributed by atoms with Crippen molar-refractivity contribution in [3.63, 3.8) is 0 Å². The number of rotatable bonds is 5. The summed E-state index contributed by atoms with van der Waals surface area (Å²) in [6.07, 6.45) is 0.000758. The second-order valence-corrected chi connectivity index (χ2v) is 13.4. The van der Waals surface area contributed by atoms with Gasteiger partial charge in [0.25, 0.3) is 5.91 Å². The first-order chi connectivity index (χ1) is 20.1. The molecule has 2 atom stereocenters. The number of hydrogen-bond acceptors (Lipinski definition) is 6. The Morgan fingerprint density at radius 3 is 2.30 bits per heavy atom. The van der Waals surface area contributed by atoms with Gasteiger partial charge < -0.3 is 30.5 Å². The van der Waals surface area contributed by atoms with Gasteiger partial charge in [0.2, 0.25) is 5.91 Å². The molecule has 1 saturated heterocycles. The lowest BCUT2D eigenvalue weighted by molar-refractivity contribution is -0.129. The monoisotopic (exact) mass is 613 g/mol. The summed E-state index contributed by atoms with van der Waals surface area (Å²) in [5.41, 5.74) is -1.15.